The average molecular weight is 734 g/mol. The number of carbonyl (C=O) groups excluding carboxylic acids is 3. The van der Waals surface area contributed by atoms with Gasteiger partial charge in [-0.25, -0.2) is 19.6 Å². The predicted octanol–water partition coefficient (Wildman–Crippen LogP) is 7.74. The SMILES string of the molecule is COC(=O)N[C@H](C(=O)N1[C@@H]2CC[C@@H](C2)[C@H]1c1ncc(-c2ccc3c(c2)CCc2cc(-c4cnc([C@@H]5CCCN5C(=O)OC(C)(C)C)[nH]4)ccc2-3)[nH]1)C(C)C. The van der Waals surface area contributed by atoms with Crippen molar-refractivity contribution in [3.63, 3.8) is 0 Å². The average Bonchev–Trinajstić information content (AvgIpc) is 4.00. The molecule has 54 heavy (non-hydrogen) atoms. The van der Waals surface area contributed by atoms with Crippen molar-refractivity contribution in [1.82, 2.24) is 35.1 Å². The molecule has 5 atom stereocenters. The highest BCUT2D eigenvalue weighted by molar-refractivity contribution is 5.87. The van der Waals surface area contributed by atoms with E-state index in [0.717, 1.165) is 79.1 Å². The zero-order chi connectivity index (χ0) is 37.9. The lowest BCUT2D eigenvalue weighted by atomic mass is 9.83. The number of methoxy groups -OCH3 is 1. The molecular formula is C42H51N7O5. The van der Waals surface area contributed by atoms with Crippen LogP contribution >= 0.6 is 0 Å². The Morgan fingerprint density at radius 3 is 2.13 bits per heavy atom. The van der Waals surface area contributed by atoms with Crippen molar-refractivity contribution in [2.24, 2.45) is 11.8 Å². The number of alkyl carbamates (subject to hydrolysis) is 1. The fraction of sp³-hybridized carbons (Fsp3) is 0.500. The summed E-state index contributed by atoms with van der Waals surface area (Å²) in [5.74, 6) is 1.76. The molecular weight excluding hydrogens is 683 g/mol. The van der Waals surface area contributed by atoms with E-state index in [-0.39, 0.29) is 36.0 Å². The molecule has 0 radical (unpaired) electrons. The summed E-state index contributed by atoms with van der Waals surface area (Å²) in [6.45, 7) is 10.2. The molecule has 12 heteroatoms. The quantitative estimate of drug-likeness (QED) is 0.176. The minimum Gasteiger partial charge on any atom is -0.453 e. The number of aromatic nitrogens is 4. The Balaban J connectivity index is 0.993. The summed E-state index contributed by atoms with van der Waals surface area (Å²) in [5, 5.41) is 2.77. The largest absolute Gasteiger partial charge is 0.453 e. The summed E-state index contributed by atoms with van der Waals surface area (Å²) in [6, 6.07) is 12.4. The van der Waals surface area contributed by atoms with Gasteiger partial charge in [-0.05, 0) is 123 Å². The molecule has 4 aliphatic rings. The molecule has 4 heterocycles. The van der Waals surface area contributed by atoms with E-state index in [1.54, 1.807) is 4.90 Å². The first-order valence-corrected chi connectivity index (χ1v) is 19.4. The van der Waals surface area contributed by atoms with Crippen LogP contribution in [0.3, 0.4) is 0 Å². The molecule has 2 aromatic heterocycles. The second-order valence-electron chi connectivity index (χ2n) is 16.7. The van der Waals surface area contributed by atoms with Crippen molar-refractivity contribution >= 4 is 18.1 Å². The van der Waals surface area contributed by atoms with Crippen molar-refractivity contribution in [2.75, 3.05) is 13.7 Å². The molecule has 4 aromatic rings. The number of aryl methyl sites for hydroxylation is 2. The molecule has 0 spiro atoms. The molecule has 2 bridgehead atoms. The van der Waals surface area contributed by atoms with E-state index in [4.69, 9.17) is 19.4 Å². The van der Waals surface area contributed by atoms with Crippen LogP contribution in [0.1, 0.15) is 102 Å². The summed E-state index contributed by atoms with van der Waals surface area (Å²) in [6.07, 6.45) is 9.44. The number of aromatic amines is 2. The third kappa shape index (κ3) is 6.64. The van der Waals surface area contributed by atoms with Gasteiger partial charge in [0, 0.05) is 12.6 Å². The Kier molecular flexibility index (Phi) is 9.26. The number of nitrogens with zero attached hydrogens (tertiary/aromatic N) is 4. The van der Waals surface area contributed by atoms with E-state index in [1.165, 1.54) is 29.4 Å². The first-order valence-electron chi connectivity index (χ1n) is 19.4. The van der Waals surface area contributed by atoms with Crippen LogP contribution in [0, 0.1) is 11.8 Å². The van der Waals surface area contributed by atoms with Gasteiger partial charge in [0.15, 0.2) is 0 Å². The first-order chi connectivity index (χ1) is 25.9. The predicted molar refractivity (Wildman–Crippen MR) is 204 cm³/mol. The monoisotopic (exact) mass is 733 g/mol. The molecule has 1 saturated carbocycles. The van der Waals surface area contributed by atoms with Gasteiger partial charge in [-0.3, -0.25) is 9.69 Å². The molecule has 8 rings (SSSR count). The lowest BCUT2D eigenvalue weighted by Gasteiger charge is -2.37. The Labute approximate surface area is 316 Å². The number of nitrogens with one attached hydrogen (secondary N) is 3. The molecule has 284 valence electrons. The van der Waals surface area contributed by atoms with Crippen molar-refractivity contribution in [1.29, 1.82) is 0 Å². The number of piperidine rings is 1. The Bertz CT molecular complexity index is 2080. The molecule has 3 amide bonds. The summed E-state index contributed by atoms with van der Waals surface area (Å²) < 4.78 is 10.5. The zero-order valence-electron chi connectivity index (χ0n) is 32.1. The summed E-state index contributed by atoms with van der Waals surface area (Å²) >= 11 is 0. The third-order valence-electron chi connectivity index (χ3n) is 11.7. The normalized spacial score (nSPS) is 22.3. The summed E-state index contributed by atoms with van der Waals surface area (Å²) in [5.41, 5.74) is 8.53. The van der Waals surface area contributed by atoms with Gasteiger partial charge in [0.05, 0.1) is 43.0 Å². The topological polar surface area (TPSA) is 146 Å². The van der Waals surface area contributed by atoms with Crippen molar-refractivity contribution < 1.29 is 23.9 Å². The number of rotatable bonds is 7. The highest BCUT2D eigenvalue weighted by atomic mass is 16.6. The maximum absolute atomic E-state index is 14.0. The van der Waals surface area contributed by atoms with Crippen LogP contribution in [0.5, 0.6) is 0 Å². The number of carbonyl (C=O) groups is 3. The van der Waals surface area contributed by atoms with Gasteiger partial charge in [0.2, 0.25) is 5.91 Å². The van der Waals surface area contributed by atoms with Gasteiger partial charge in [-0.15, -0.1) is 0 Å². The number of amides is 3. The lowest BCUT2D eigenvalue weighted by Crippen LogP contribution is -2.54. The van der Waals surface area contributed by atoms with E-state index in [2.05, 4.69) is 51.7 Å². The minimum atomic E-state index is -0.668. The van der Waals surface area contributed by atoms with Gasteiger partial charge in [-0.1, -0.05) is 38.1 Å². The number of ether oxygens (including phenoxy) is 2. The van der Waals surface area contributed by atoms with Gasteiger partial charge >= 0.3 is 12.2 Å². The Morgan fingerprint density at radius 2 is 1.52 bits per heavy atom. The standard InChI is InChI=1S/C42H51N7O5/c1-23(2)35(47-40(51)53-6)39(50)49-29-14-11-28(20-29)36(49)38-44-22-33(46-38)27-13-16-31-25(19-27)10-9-24-18-26(12-15-30(24)31)32-21-43-37(45-32)34-8-7-17-48(34)41(52)54-42(3,4)5/h12-13,15-16,18-19,21-23,28-29,34-36H,7-11,14,17,20H2,1-6H3,(H,43,45)(H,44,46)(H,47,51)/t28-,29+,34-,35-,36-/m0/s1. The molecule has 3 N–H and O–H groups in total. The van der Waals surface area contributed by atoms with E-state index in [9.17, 15) is 14.4 Å². The fourth-order valence-electron chi connectivity index (χ4n) is 9.12. The van der Waals surface area contributed by atoms with Crippen LogP contribution in [0.15, 0.2) is 48.8 Å². The molecule has 2 saturated heterocycles. The number of benzene rings is 2. The third-order valence-corrected chi connectivity index (χ3v) is 11.7. The van der Waals surface area contributed by atoms with Crippen LogP contribution in [-0.4, -0.2) is 79.2 Å². The Hall–Kier alpha value is -5.13. The highest BCUT2D eigenvalue weighted by Crippen LogP contribution is 2.50. The second kappa shape index (κ2) is 13.9. The second-order valence-corrected chi connectivity index (χ2v) is 16.7. The minimum absolute atomic E-state index is 0.0761. The number of fused-ring (bicyclic) bond motifs is 5. The molecule has 2 aliphatic carbocycles. The van der Waals surface area contributed by atoms with Crippen LogP contribution in [0.4, 0.5) is 9.59 Å². The summed E-state index contributed by atoms with van der Waals surface area (Å²) in [4.78, 5) is 59.4. The van der Waals surface area contributed by atoms with E-state index < -0.39 is 17.7 Å². The fourth-order valence-corrected chi connectivity index (χ4v) is 9.12. The van der Waals surface area contributed by atoms with E-state index >= 15 is 0 Å². The van der Waals surface area contributed by atoms with Gasteiger partial charge in [0.25, 0.3) is 0 Å². The number of hydrogen-bond donors (Lipinski definition) is 3. The molecule has 0 unspecified atom stereocenters. The molecule has 2 aromatic carbocycles. The number of H-pyrrole nitrogens is 2. The van der Waals surface area contributed by atoms with Crippen molar-refractivity contribution in [2.45, 2.75) is 109 Å². The number of likely N-dealkylation sites (tertiary alicyclic amines) is 2. The molecule has 2 aliphatic heterocycles. The molecule has 12 nitrogen and oxygen atoms in total. The van der Waals surface area contributed by atoms with Gasteiger partial charge < -0.3 is 29.7 Å². The maximum atomic E-state index is 14.0. The maximum Gasteiger partial charge on any atom is 0.410 e. The van der Waals surface area contributed by atoms with Crippen LogP contribution in [-0.2, 0) is 27.1 Å². The number of imidazole rings is 2. The van der Waals surface area contributed by atoms with Crippen molar-refractivity contribution in [3.05, 3.63) is 71.6 Å². The zero-order valence-corrected chi connectivity index (χ0v) is 32.1. The number of hydrogen-bond acceptors (Lipinski definition) is 7. The van der Waals surface area contributed by atoms with Crippen molar-refractivity contribution in [3.8, 4) is 33.6 Å². The van der Waals surface area contributed by atoms with Crippen LogP contribution in [0.2, 0.25) is 0 Å². The van der Waals surface area contributed by atoms with Gasteiger partial charge in [0.1, 0.15) is 23.3 Å². The van der Waals surface area contributed by atoms with E-state index in [1.807, 2.05) is 51.9 Å². The highest BCUT2D eigenvalue weighted by Gasteiger charge is 2.51. The van der Waals surface area contributed by atoms with Crippen LogP contribution in [0.25, 0.3) is 33.6 Å². The molecule has 3 fully saturated rings. The first kappa shape index (κ1) is 35.9. The lowest BCUT2D eigenvalue weighted by molar-refractivity contribution is -0.139. The van der Waals surface area contributed by atoms with E-state index in [0.29, 0.717) is 12.5 Å². The van der Waals surface area contributed by atoms with Gasteiger partial charge in [-0.2, -0.15) is 0 Å². The Morgan fingerprint density at radius 1 is 0.889 bits per heavy atom. The smallest absolute Gasteiger partial charge is 0.410 e. The van der Waals surface area contributed by atoms with Crippen LogP contribution < -0.4 is 5.32 Å². The summed E-state index contributed by atoms with van der Waals surface area (Å²) in [7, 11) is 1.32.